The van der Waals surface area contributed by atoms with E-state index in [1.54, 1.807) is 13.2 Å². The SMILES string of the molecule is CNc1ncc(Br)c(NCCS(C)(=O)=O)n1. The van der Waals surface area contributed by atoms with E-state index in [-0.39, 0.29) is 5.75 Å². The molecule has 0 spiro atoms. The van der Waals surface area contributed by atoms with Crippen molar-refractivity contribution < 1.29 is 8.42 Å². The molecule has 0 bridgehead atoms. The smallest absolute Gasteiger partial charge is 0.224 e. The number of rotatable bonds is 5. The molecular weight excluding hydrogens is 296 g/mol. The molecule has 0 aromatic carbocycles. The van der Waals surface area contributed by atoms with Crippen LogP contribution < -0.4 is 10.6 Å². The van der Waals surface area contributed by atoms with Crippen LogP contribution in [0.2, 0.25) is 0 Å². The average molecular weight is 309 g/mol. The third kappa shape index (κ3) is 4.31. The number of sulfone groups is 1. The fourth-order valence-corrected chi connectivity index (χ4v) is 1.77. The number of nitrogens with zero attached hydrogens (tertiary/aromatic N) is 2. The number of hydrogen-bond donors (Lipinski definition) is 2. The molecule has 16 heavy (non-hydrogen) atoms. The Bertz CT molecular complexity index is 463. The molecule has 0 unspecified atom stereocenters. The zero-order valence-corrected chi connectivity index (χ0v) is 11.4. The predicted molar refractivity (Wildman–Crippen MR) is 67.5 cm³/mol. The van der Waals surface area contributed by atoms with Crippen molar-refractivity contribution in [3.05, 3.63) is 10.7 Å². The highest BCUT2D eigenvalue weighted by Gasteiger charge is 2.06. The number of nitrogens with one attached hydrogen (secondary N) is 2. The van der Waals surface area contributed by atoms with Gasteiger partial charge in [-0.3, -0.25) is 0 Å². The minimum absolute atomic E-state index is 0.0678. The van der Waals surface area contributed by atoms with Gasteiger partial charge in [-0.15, -0.1) is 0 Å². The van der Waals surface area contributed by atoms with Crippen molar-refractivity contribution in [3.63, 3.8) is 0 Å². The van der Waals surface area contributed by atoms with E-state index in [2.05, 4.69) is 36.5 Å². The van der Waals surface area contributed by atoms with Gasteiger partial charge in [-0.1, -0.05) is 0 Å². The summed E-state index contributed by atoms with van der Waals surface area (Å²) in [5.74, 6) is 1.12. The van der Waals surface area contributed by atoms with Crippen LogP contribution >= 0.6 is 15.9 Å². The van der Waals surface area contributed by atoms with Crippen LogP contribution in [0.25, 0.3) is 0 Å². The van der Waals surface area contributed by atoms with Crippen molar-refractivity contribution in [2.45, 2.75) is 0 Å². The summed E-state index contributed by atoms with van der Waals surface area (Å²) in [7, 11) is -1.25. The van der Waals surface area contributed by atoms with E-state index in [9.17, 15) is 8.42 Å². The lowest BCUT2D eigenvalue weighted by Crippen LogP contribution is -2.15. The number of hydrogen-bond acceptors (Lipinski definition) is 6. The summed E-state index contributed by atoms with van der Waals surface area (Å²) in [5, 5.41) is 5.73. The largest absolute Gasteiger partial charge is 0.368 e. The normalized spacial score (nSPS) is 11.2. The molecule has 0 saturated heterocycles. The molecule has 1 rings (SSSR count). The molecule has 0 atom stereocenters. The Labute approximate surface area is 103 Å². The second-order valence-corrected chi connectivity index (χ2v) is 6.31. The van der Waals surface area contributed by atoms with Gasteiger partial charge >= 0.3 is 0 Å². The van der Waals surface area contributed by atoms with E-state index in [0.717, 1.165) is 0 Å². The first-order valence-corrected chi connectivity index (χ1v) is 7.39. The highest BCUT2D eigenvalue weighted by atomic mass is 79.9. The molecule has 0 aliphatic rings. The van der Waals surface area contributed by atoms with Crippen LogP contribution in [0.5, 0.6) is 0 Å². The summed E-state index contributed by atoms with van der Waals surface area (Å²) in [6.07, 6.45) is 2.80. The Morgan fingerprint density at radius 1 is 1.50 bits per heavy atom. The third-order valence-corrected chi connectivity index (χ3v) is 3.26. The maximum atomic E-state index is 10.9. The first-order chi connectivity index (χ1) is 7.42. The van der Waals surface area contributed by atoms with E-state index < -0.39 is 9.84 Å². The van der Waals surface area contributed by atoms with E-state index in [1.165, 1.54) is 6.26 Å². The lowest BCUT2D eigenvalue weighted by atomic mass is 10.5. The van der Waals surface area contributed by atoms with Crippen LogP contribution in [0.15, 0.2) is 10.7 Å². The first-order valence-electron chi connectivity index (χ1n) is 4.54. The molecule has 0 aliphatic heterocycles. The van der Waals surface area contributed by atoms with Gasteiger partial charge in [-0.25, -0.2) is 13.4 Å². The van der Waals surface area contributed by atoms with Crippen LogP contribution in [0, 0.1) is 0 Å². The van der Waals surface area contributed by atoms with Crippen LogP contribution in [-0.4, -0.2) is 44.0 Å². The van der Waals surface area contributed by atoms with Crippen molar-refractivity contribution in [2.24, 2.45) is 0 Å². The van der Waals surface area contributed by atoms with Gasteiger partial charge in [-0.2, -0.15) is 4.98 Å². The maximum Gasteiger partial charge on any atom is 0.224 e. The van der Waals surface area contributed by atoms with E-state index in [1.807, 2.05) is 0 Å². The monoisotopic (exact) mass is 308 g/mol. The molecule has 1 heterocycles. The Morgan fingerprint density at radius 3 is 2.75 bits per heavy atom. The van der Waals surface area contributed by atoms with Gasteiger partial charge < -0.3 is 10.6 Å². The minimum Gasteiger partial charge on any atom is -0.368 e. The Balaban J connectivity index is 2.66. The fraction of sp³-hybridized carbons (Fsp3) is 0.500. The molecular formula is C8H13BrN4O2S. The summed E-state index contributed by atoms with van der Waals surface area (Å²) in [4.78, 5) is 8.12. The van der Waals surface area contributed by atoms with Gasteiger partial charge in [0.05, 0.1) is 10.2 Å². The molecule has 0 amide bonds. The van der Waals surface area contributed by atoms with Crippen molar-refractivity contribution in [2.75, 3.05) is 36.2 Å². The molecule has 0 radical (unpaired) electrons. The van der Waals surface area contributed by atoms with E-state index >= 15 is 0 Å². The Hall–Kier alpha value is -0.890. The summed E-state index contributed by atoms with van der Waals surface area (Å²) in [6.45, 7) is 0.317. The standard InChI is InChI=1S/C8H13BrN4O2S/c1-10-8-12-5-6(9)7(13-8)11-3-4-16(2,14)15/h5H,3-4H2,1-2H3,(H2,10,11,12,13). The highest BCUT2D eigenvalue weighted by molar-refractivity contribution is 9.10. The topological polar surface area (TPSA) is 84.0 Å². The summed E-state index contributed by atoms with van der Waals surface area (Å²) in [5.41, 5.74) is 0. The summed E-state index contributed by atoms with van der Waals surface area (Å²) in [6, 6.07) is 0. The van der Waals surface area contributed by atoms with Gasteiger partial charge in [0.25, 0.3) is 0 Å². The molecule has 0 saturated carbocycles. The predicted octanol–water partition coefficient (Wildman–Crippen LogP) is 0.737. The van der Waals surface area contributed by atoms with Crippen LogP contribution in [0.4, 0.5) is 11.8 Å². The first kappa shape index (κ1) is 13.2. The zero-order valence-electron chi connectivity index (χ0n) is 8.99. The van der Waals surface area contributed by atoms with Gasteiger partial charge in [0, 0.05) is 26.0 Å². The summed E-state index contributed by atoms with van der Waals surface area (Å²) >= 11 is 3.28. The number of anilines is 2. The molecule has 0 fully saturated rings. The minimum atomic E-state index is -2.96. The Morgan fingerprint density at radius 2 is 2.19 bits per heavy atom. The average Bonchev–Trinajstić information content (AvgIpc) is 2.19. The maximum absolute atomic E-state index is 10.9. The molecule has 1 aromatic heterocycles. The Kier molecular flexibility index (Phi) is 4.48. The molecule has 8 heteroatoms. The van der Waals surface area contributed by atoms with E-state index in [4.69, 9.17) is 0 Å². The van der Waals surface area contributed by atoms with Crippen molar-refractivity contribution in [1.82, 2.24) is 9.97 Å². The van der Waals surface area contributed by atoms with Crippen molar-refractivity contribution in [1.29, 1.82) is 0 Å². The molecule has 2 N–H and O–H groups in total. The molecule has 6 nitrogen and oxygen atoms in total. The van der Waals surface area contributed by atoms with Gasteiger partial charge in [0.2, 0.25) is 5.95 Å². The quantitative estimate of drug-likeness (QED) is 0.834. The van der Waals surface area contributed by atoms with Gasteiger partial charge in [0.15, 0.2) is 0 Å². The molecule has 1 aromatic rings. The lowest BCUT2D eigenvalue weighted by Gasteiger charge is -2.07. The van der Waals surface area contributed by atoms with Crippen molar-refractivity contribution in [3.8, 4) is 0 Å². The van der Waals surface area contributed by atoms with Gasteiger partial charge in [-0.05, 0) is 15.9 Å². The van der Waals surface area contributed by atoms with Crippen LogP contribution in [-0.2, 0) is 9.84 Å². The highest BCUT2D eigenvalue weighted by Crippen LogP contribution is 2.19. The zero-order chi connectivity index (χ0) is 12.2. The second kappa shape index (κ2) is 5.44. The number of halogens is 1. The third-order valence-electron chi connectivity index (χ3n) is 1.73. The lowest BCUT2D eigenvalue weighted by molar-refractivity contribution is 0.602. The van der Waals surface area contributed by atoms with Gasteiger partial charge in [0.1, 0.15) is 15.7 Å². The summed E-state index contributed by atoms with van der Waals surface area (Å²) < 4.78 is 22.6. The van der Waals surface area contributed by atoms with Crippen LogP contribution in [0.1, 0.15) is 0 Å². The second-order valence-electron chi connectivity index (χ2n) is 3.20. The molecule has 0 aliphatic carbocycles. The van der Waals surface area contributed by atoms with E-state index in [0.29, 0.717) is 22.8 Å². The fourth-order valence-electron chi connectivity index (χ4n) is 0.966. The van der Waals surface area contributed by atoms with Crippen LogP contribution in [0.3, 0.4) is 0 Å². The van der Waals surface area contributed by atoms with Crippen molar-refractivity contribution >= 4 is 37.5 Å². The number of aromatic nitrogens is 2. The molecule has 90 valence electrons.